The van der Waals surface area contributed by atoms with Crippen LogP contribution in [-0.4, -0.2) is 32.7 Å². The molecule has 0 bridgehead atoms. The van der Waals surface area contributed by atoms with Crippen molar-refractivity contribution in [2.45, 2.75) is 6.42 Å². The Hall–Kier alpha value is -2.24. The predicted molar refractivity (Wildman–Crippen MR) is 65.0 cm³/mol. The van der Waals surface area contributed by atoms with Crippen LogP contribution in [0.15, 0.2) is 18.2 Å². The molecule has 0 aromatic heterocycles. The summed E-state index contributed by atoms with van der Waals surface area (Å²) in [7, 11) is 3.08. The molecule has 3 amide bonds. The summed E-state index contributed by atoms with van der Waals surface area (Å²) in [6, 6.07) is 4.73. The van der Waals surface area contributed by atoms with Gasteiger partial charge < -0.3 is 9.47 Å². The third-order valence-corrected chi connectivity index (χ3v) is 2.70. The molecule has 1 heterocycles. The van der Waals surface area contributed by atoms with Crippen molar-refractivity contribution in [1.29, 1.82) is 0 Å². The Labute approximate surface area is 104 Å². The summed E-state index contributed by atoms with van der Waals surface area (Å²) in [4.78, 5) is 24.3. The standard InChI is InChI=1S/C12H14N2O4/c1-17-9-5-8(6-10(7-9)18-2)14-4-3-11(15)13-12(14)16/h5-7H,3-4H2,1-2H3,(H,13,15,16). The molecule has 0 spiro atoms. The van der Waals surface area contributed by atoms with Crippen molar-refractivity contribution >= 4 is 17.6 Å². The van der Waals surface area contributed by atoms with Gasteiger partial charge in [-0.25, -0.2) is 4.79 Å². The Balaban J connectivity index is 2.32. The summed E-state index contributed by atoms with van der Waals surface area (Å²) in [5, 5.41) is 2.27. The molecule has 1 aromatic rings. The number of ether oxygens (including phenoxy) is 2. The summed E-state index contributed by atoms with van der Waals surface area (Å²) < 4.78 is 10.3. The van der Waals surface area contributed by atoms with Gasteiger partial charge in [0.15, 0.2) is 0 Å². The molecular formula is C12H14N2O4. The highest BCUT2D eigenvalue weighted by atomic mass is 16.5. The van der Waals surface area contributed by atoms with Gasteiger partial charge >= 0.3 is 6.03 Å². The van der Waals surface area contributed by atoms with E-state index in [1.54, 1.807) is 32.4 Å². The molecule has 96 valence electrons. The lowest BCUT2D eigenvalue weighted by Gasteiger charge is -2.27. The second-order valence-electron chi connectivity index (χ2n) is 3.83. The first-order valence-corrected chi connectivity index (χ1v) is 5.48. The van der Waals surface area contributed by atoms with E-state index >= 15 is 0 Å². The molecule has 0 aliphatic carbocycles. The van der Waals surface area contributed by atoms with Gasteiger partial charge in [-0.1, -0.05) is 0 Å². The van der Waals surface area contributed by atoms with Crippen LogP contribution in [0.5, 0.6) is 11.5 Å². The number of benzene rings is 1. The number of anilines is 1. The maximum Gasteiger partial charge on any atom is 0.328 e. The summed E-state index contributed by atoms with van der Waals surface area (Å²) in [5.41, 5.74) is 0.635. The van der Waals surface area contributed by atoms with Crippen molar-refractivity contribution in [3.8, 4) is 11.5 Å². The van der Waals surface area contributed by atoms with E-state index in [0.717, 1.165) is 0 Å². The van der Waals surface area contributed by atoms with Gasteiger partial charge in [0, 0.05) is 31.2 Å². The molecule has 2 rings (SSSR count). The molecule has 1 aliphatic rings. The summed E-state index contributed by atoms with van der Waals surface area (Å²) in [6.45, 7) is 0.348. The summed E-state index contributed by atoms with van der Waals surface area (Å²) >= 11 is 0. The van der Waals surface area contributed by atoms with Gasteiger partial charge in [0.1, 0.15) is 11.5 Å². The van der Waals surface area contributed by atoms with E-state index in [-0.39, 0.29) is 12.3 Å². The zero-order valence-corrected chi connectivity index (χ0v) is 10.2. The van der Waals surface area contributed by atoms with Crippen LogP contribution in [0.4, 0.5) is 10.5 Å². The maximum atomic E-state index is 11.7. The molecule has 0 radical (unpaired) electrons. The molecule has 18 heavy (non-hydrogen) atoms. The molecule has 1 aromatic carbocycles. The molecular weight excluding hydrogens is 236 g/mol. The molecule has 0 atom stereocenters. The fourth-order valence-corrected chi connectivity index (χ4v) is 1.76. The fourth-order valence-electron chi connectivity index (χ4n) is 1.76. The Morgan fingerprint density at radius 3 is 2.22 bits per heavy atom. The van der Waals surface area contributed by atoms with E-state index in [0.29, 0.717) is 23.7 Å². The first kappa shape index (κ1) is 12.2. The van der Waals surface area contributed by atoms with Crippen molar-refractivity contribution < 1.29 is 19.1 Å². The van der Waals surface area contributed by atoms with Gasteiger partial charge in [-0.2, -0.15) is 0 Å². The number of hydrogen-bond donors (Lipinski definition) is 1. The second-order valence-corrected chi connectivity index (χ2v) is 3.83. The monoisotopic (exact) mass is 250 g/mol. The van der Waals surface area contributed by atoms with Crippen LogP contribution < -0.4 is 19.7 Å². The van der Waals surface area contributed by atoms with Crippen LogP contribution in [0.1, 0.15) is 6.42 Å². The zero-order valence-electron chi connectivity index (χ0n) is 10.2. The third-order valence-electron chi connectivity index (χ3n) is 2.70. The van der Waals surface area contributed by atoms with Gasteiger partial charge in [-0.05, 0) is 0 Å². The molecule has 6 nitrogen and oxygen atoms in total. The van der Waals surface area contributed by atoms with Crippen molar-refractivity contribution in [1.82, 2.24) is 5.32 Å². The number of imide groups is 1. The van der Waals surface area contributed by atoms with Crippen LogP contribution in [0.2, 0.25) is 0 Å². The number of hydrogen-bond acceptors (Lipinski definition) is 4. The van der Waals surface area contributed by atoms with Crippen LogP contribution in [0.25, 0.3) is 0 Å². The predicted octanol–water partition coefficient (Wildman–Crippen LogP) is 1.15. The normalized spacial score (nSPS) is 15.3. The van der Waals surface area contributed by atoms with Gasteiger partial charge in [-0.3, -0.25) is 15.0 Å². The Morgan fingerprint density at radius 2 is 1.72 bits per heavy atom. The maximum absolute atomic E-state index is 11.7. The van der Waals surface area contributed by atoms with Crippen LogP contribution >= 0.6 is 0 Å². The molecule has 6 heteroatoms. The van der Waals surface area contributed by atoms with Crippen LogP contribution in [0.3, 0.4) is 0 Å². The van der Waals surface area contributed by atoms with E-state index < -0.39 is 6.03 Å². The average molecular weight is 250 g/mol. The number of nitrogens with zero attached hydrogens (tertiary/aromatic N) is 1. The number of methoxy groups -OCH3 is 2. The number of carbonyl (C=O) groups is 2. The minimum atomic E-state index is -0.429. The first-order valence-electron chi connectivity index (χ1n) is 5.48. The topological polar surface area (TPSA) is 67.9 Å². The van der Waals surface area contributed by atoms with Crippen molar-refractivity contribution in [3.63, 3.8) is 0 Å². The first-order chi connectivity index (χ1) is 8.63. The van der Waals surface area contributed by atoms with E-state index in [2.05, 4.69) is 5.32 Å². The highest BCUT2D eigenvalue weighted by Gasteiger charge is 2.24. The van der Waals surface area contributed by atoms with E-state index in [4.69, 9.17) is 9.47 Å². The zero-order chi connectivity index (χ0) is 13.1. The lowest BCUT2D eigenvalue weighted by Crippen LogP contribution is -2.49. The second kappa shape index (κ2) is 4.95. The minimum Gasteiger partial charge on any atom is -0.497 e. The molecule has 1 aliphatic heterocycles. The smallest absolute Gasteiger partial charge is 0.328 e. The molecule has 0 unspecified atom stereocenters. The molecule has 1 N–H and O–H groups in total. The van der Waals surface area contributed by atoms with Crippen LogP contribution in [-0.2, 0) is 4.79 Å². The summed E-state index contributed by atoms with van der Waals surface area (Å²) in [5.74, 6) is 0.925. The number of amides is 3. The number of carbonyl (C=O) groups excluding carboxylic acids is 2. The lowest BCUT2D eigenvalue weighted by atomic mass is 10.2. The van der Waals surface area contributed by atoms with E-state index in [1.807, 2.05) is 0 Å². The number of nitrogens with one attached hydrogen (secondary N) is 1. The van der Waals surface area contributed by atoms with Gasteiger partial charge in [0.25, 0.3) is 0 Å². The largest absolute Gasteiger partial charge is 0.497 e. The van der Waals surface area contributed by atoms with E-state index in [9.17, 15) is 9.59 Å². The molecule has 0 saturated carbocycles. The molecule has 1 saturated heterocycles. The fraction of sp³-hybridized carbons (Fsp3) is 0.333. The van der Waals surface area contributed by atoms with Crippen molar-refractivity contribution in [3.05, 3.63) is 18.2 Å². The van der Waals surface area contributed by atoms with Crippen molar-refractivity contribution in [2.75, 3.05) is 25.7 Å². The van der Waals surface area contributed by atoms with Gasteiger partial charge in [0.05, 0.1) is 19.9 Å². The number of urea groups is 1. The lowest BCUT2D eigenvalue weighted by molar-refractivity contribution is -0.120. The molecule has 1 fully saturated rings. The minimum absolute atomic E-state index is 0.258. The third kappa shape index (κ3) is 2.37. The van der Waals surface area contributed by atoms with Crippen molar-refractivity contribution in [2.24, 2.45) is 0 Å². The average Bonchev–Trinajstić information content (AvgIpc) is 2.38. The highest BCUT2D eigenvalue weighted by Crippen LogP contribution is 2.29. The Bertz CT molecular complexity index is 465. The van der Waals surface area contributed by atoms with E-state index in [1.165, 1.54) is 4.90 Å². The van der Waals surface area contributed by atoms with Gasteiger partial charge in [0.2, 0.25) is 5.91 Å². The number of rotatable bonds is 3. The quantitative estimate of drug-likeness (QED) is 0.873. The highest BCUT2D eigenvalue weighted by molar-refractivity contribution is 6.05. The van der Waals surface area contributed by atoms with Crippen LogP contribution in [0, 0.1) is 0 Å². The summed E-state index contributed by atoms with van der Waals surface area (Å²) in [6.07, 6.45) is 0.283. The van der Waals surface area contributed by atoms with Gasteiger partial charge in [-0.15, -0.1) is 0 Å². The SMILES string of the molecule is COc1cc(OC)cc(N2CCC(=O)NC2=O)c1. The Morgan fingerprint density at radius 1 is 1.11 bits per heavy atom. The Kier molecular flexibility index (Phi) is 3.36.